The molecule has 0 unspecified atom stereocenters. The summed E-state index contributed by atoms with van der Waals surface area (Å²) in [6.45, 7) is 12.7. The van der Waals surface area contributed by atoms with Gasteiger partial charge in [-0.3, -0.25) is 4.79 Å². The van der Waals surface area contributed by atoms with E-state index in [1.165, 1.54) is 21.1 Å². The van der Waals surface area contributed by atoms with E-state index in [2.05, 4.69) is 36.2 Å². The van der Waals surface area contributed by atoms with E-state index in [1.54, 1.807) is 31.2 Å². The third-order valence-electron chi connectivity index (χ3n) is 5.98. The largest absolute Gasteiger partial charge is 0.481 e. The summed E-state index contributed by atoms with van der Waals surface area (Å²) in [4.78, 5) is 14.6. The first-order chi connectivity index (χ1) is 15.6. The van der Waals surface area contributed by atoms with Crippen LogP contribution in [0.1, 0.15) is 31.9 Å². The number of aryl methyl sites for hydroxylation is 1. The molecule has 180 valence electrons. The second-order valence-electron chi connectivity index (χ2n) is 8.98. The van der Waals surface area contributed by atoms with Crippen molar-refractivity contribution in [3.8, 4) is 5.75 Å². The monoisotopic (exact) mass is 473 g/mol. The fraction of sp³-hybridized carbons (Fsp3) is 0.480. The van der Waals surface area contributed by atoms with Crippen molar-refractivity contribution in [1.82, 2.24) is 9.62 Å². The predicted octanol–water partition coefficient (Wildman–Crippen LogP) is 3.35. The van der Waals surface area contributed by atoms with Gasteiger partial charge in [0.25, 0.3) is 5.91 Å². The summed E-state index contributed by atoms with van der Waals surface area (Å²) in [5.74, 6) is 0.622. The van der Waals surface area contributed by atoms with Crippen molar-refractivity contribution in [2.45, 2.75) is 45.6 Å². The average molecular weight is 474 g/mol. The van der Waals surface area contributed by atoms with Gasteiger partial charge in [-0.25, -0.2) is 8.42 Å². The van der Waals surface area contributed by atoms with E-state index in [9.17, 15) is 13.2 Å². The normalized spacial score (nSPS) is 16.0. The Morgan fingerprint density at radius 1 is 1.00 bits per heavy atom. The summed E-state index contributed by atoms with van der Waals surface area (Å²) < 4.78 is 33.5. The number of nitrogens with zero attached hydrogens (tertiary/aromatic N) is 2. The summed E-state index contributed by atoms with van der Waals surface area (Å²) in [7, 11) is -3.59. The number of piperazine rings is 1. The number of hydrogen-bond donors (Lipinski definition) is 1. The number of carbonyl (C=O) groups excluding carboxylic acids is 1. The molecule has 1 aliphatic heterocycles. The molecule has 1 heterocycles. The quantitative estimate of drug-likeness (QED) is 0.636. The fourth-order valence-corrected chi connectivity index (χ4v) is 5.22. The number of rotatable bonds is 8. The molecule has 1 aliphatic rings. The summed E-state index contributed by atoms with van der Waals surface area (Å²) >= 11 is 0. The van der Waals surface area contributed by atoms with Crippen LogP contribution in [0.4, 0.5) is 5.69 Å². The molecule has 0 spiro atoms. The van der Waals surface area contributed by atoms with Gasteiger partial charge in [-0.05, 0) is 68.1 Å². The zero-order valence-corrected chi connectivity index (χ0v) is 21.0. The molecule has 0 bridgehead atoms. The lowest BCUT2D eigenvalue weighted by Crippen LogP contribution is -2.48. The molecule has 0 aliphatic carbocycles. The first-order valence-electron chi connectivity index (χ1n) is 11.5. The van der Waals surface area contributed by atoms with E-state index in [0.717, 1.165) is 0 Å². The number of carbonyl (C=O) groups is 1. The van der Waals surface area contributed by atoms with Crippen molar-refractivity contribution in [2.75, 3.05) is 37.6 Å². The van der Waals surface area contributed by atoms with E-state index < -0.39 is 16.1 Å². The van der Waals surface area contributed by atoms with E-state index in [-0.39, 0.29) is 10.8 Å². The van der Waals surface area contributed by atoms with Crippen LogP contribution >= 0.6 is 0 Å². The molecule has 1 fully saturated rings. The van der Waals surface area contributed by atoms with Gasteiger partial charge in [0.15, 0.2) is 6.10 Å². The van der Waals surface area contributed by atoms with Crippen LogP contribution in [-0.4, -0.2) is 57.5 Å². The molecule has 0 radical (unpaired) electrons. The van der Waals surface area contributed by atoms with E-state index in [1.807, 2.05) is 19.9 Å². The van der Waals surface area contributed by atoms with Crippen molar-refractivity contribution < 1.29 is 17.9 Å². The predicted molar refractivity (Wildman–Crippen MR) is 131 cm³/mol. The van der Waals surface area contributed by atoms with Crippen molar-refractivity contribution in [1.29, 1.82) is 0 Å². The molecule has 7 nitrogen and oxygen atoms in total. The van der Waals surface area contributed by atoms with E-state index >= 15 is 0 Å². The molecule has 1 amide bonds. The highest BCUT2D eigenvalue weighted by atomic mass is 32.2. The zero-order chi connectivity index (χ0) is 24.2. The Hall–Kier alpha value is -2.58. The number of amides is 1. The van der Waals surface area contributed by atoms with Gasteiger partial charge in [0.2, 0.25) is 10.0 Å². The Balaban J connectivity index is 1.60. The van der Waals surface area contributed by atoms with Gasteiger partial charge < -0.3 is 15.0 Å². The molecular formula is C25H35N3O4S. The van der Waals surface area contributed by atoms with Gasteiger partial charge in [-0.1, -0.05) is 26.0 Å². The Kier molecular flexibility index (Phi) is 8.02. The minimum absolute atomic E-state index is 0.192. The van der Waals surface area contributed by atoms with Crippen molar-refractivity contribution in [3.63, 3.8) is 0 Å². The third kappa shape index (κ3) is 6.06. The minimum atomic E-state index is -3.59. The number of hydrogen-bond acceptors (Lipinski definition) is 5. The smallest absolute Gasteiger partial charge is 0.260 e. The van der Waals surface area contributed by atoms with Crippen LogP contribution in [0.25, 0.3) is 0 Å². The highest BCUT2D eigenvalue weighted by Crippen LogP contribution is 2.26. The molecule has 2 aromatic carbocycles. The zero-order valence-electron chi connectivity index (χ0n) is 20.2. The van der Waals surface area contributed by atoms with Crippen LogP contribution < -0.4 is 15.0 Å². The van der Waals surface area contributed by atoms with Crippen molar-refractivity contribution in [3.05, 3.63) is 53.6 Å². The van der Waals surface area contributed by atoms with Gasteiger partial charge in [0.1, 0.15) is 5.75 Å². The molecule has 1 atom stereocenters. The Morgan fingerprint density at radius 3 is 2.24 bits per heavy atom. The van der Waals surface area contributed by atoms with Crippen LogP contribution in [0.15, 0.2) is 47.4 Å². The number of anilines is 1. The fourth-order valence-electron chi connectivity index (χ4n) is 3.79. The highest BCUT2D eigenvalue weighted by Gasteiger charge is 2.29. The van der Waals surface area contributed by atoms with Crippen LogP contribution in [0.3, 0.4) is 0 Å². The van der Waals surface area contributed by atoms with Gasteiger partial charge in [0, 0.05) is 38.4 Å². The summed E-state index contributed by atoms with van der Waals surface area (Å²) in [5, 5.41) is 2.83. The van der Waals surface area contributed by atoms with Crippen molar-refractivity contribution >= 4 is 21.6 Å². The number of nitrogens with one attached hydrogen (secondary N) is 1. The van der Waals surface area contributed by atoms with Crippen LogP contribution in [0, 0.1) is 19.8 Å². The molecule has 33 heavy (non-hydrogen) atoms. The molecule has 1 N–H and O–H groups in total. The molecule has 1 saturated heterocycles. The van der Waals surface area contributed by atoms with E-state index in [0.29, 0.717) is 44.4 Å². The maximum atomic E-state index is 13.1. The lowest BCUT2D eigenvalue weighted by Gasteiger charge is -2.36. The summed E-state index contributed by atoms with van der Waals surface area (Å²) in [6, 6.07) is 12.5. The van der Waals surface area contributed by atoms with Crippen LogP contribution in [0.5, 0.6) is 5.75 Å². The Bertz CT molecular complexity index is 1060. The van der Waals surface area contributed by atoms with Crippen LogP contribution in [-0.2, 0) is 14.8 Å². The molecule has 0 aromatic heterocycles. The molecule has 3 rings (SSSR count). The maximum absolute atomic E-state index is 13.1. The van der Waals surface area contributed by atoms with Gasteiger partial charge >= 0.3 is 0 Å². The Labute approximate surface area is 197 Å². The molecular weight excluding hydrogens is 438 g/mol. The van der Waals surface area contributed by atoms with Gasteiger partial charge in [0.05, 0.1) is 4.90 Å². The third-order valence-corrected chi connectivity index (χ3v) is 7.90. The topological polar surface area (TPSA) is 79.0 Å². The van der Waals surface area contributed by atoms with Gasteiger partial charge in [-0.2, -0.15) is 4.31 Å². The minimum Gasteiger partial charge on any atom is -0.481 e. The lowest BCUT2D eigenvalue weighted by molar-refractivity contribution is -0.127. The first kappa shape index (κ1) is 25.1. The van der Waals surface area contributed by atoms with E-state index in [4.69, 9.17) is 4.74 Å². The van der Waals surface area contributed by atoms with Crippen LogP contribution in [0.2, 0.25) is 0 Å². The number of ether oxygens (including phenoxy) is 1. The standard InChI is InChI=1S/C25H35N3O4S/c1-18(2)17-26-25(29)21(5)32-22-9-11-23(12-10-22)33(30,31)28-15-13-27(14-16-28)24-8-6-7-19(3)20(24)4/h6-12,18,21H,13-17H2,1-5H3,(H,26,29)/t21-/m0/s1. The first-order valence-corrected chi connectivity index (χ1v) is 12.9. The van der Waals surface area contributed by atoms with Crippen molar-refractivity contribution in [2.24, 2.45) is 5.92 Å². The summed E-state index contributed by atoms with van der Waals surface area (Å²) in [5.41, 5.74) is 3.63. The second-order valence-corrected chi connectivity index (χ2v) is 10.9. The number of sulfonamides is 1. The van der Waals surface area contributed by atoms with Gasteiger partial charge in [-0.15, -0.1) is 0 Å². The second kappa shape index (κ2) is 10.6. The maximum Gasteiger partial charge on any atom is 0.260 e. The SMILES string of the molecule is Cc1cccc(N2CCN(S(=O)(=O)c3ccc(O[C@@H](C)C(=O)NCC(C)C)cc3)CC2)c1C. The molecule has 8 heteroatoms. The summed E-state index contributed by atoms with van der Waals surface area (Å²) in [6.07, 6.45) is -0.663. The molecule has 2 aromatic rings. The number of benzene rings is 2. The molecule has 0 saturated carbocycles. The average Bonchev–Trinajstić information content (AvgIpc) is 2.79. The lowest BCUT2D eigenvalue weighted by atomic mass is 10.1. The highest BCUT2D eigenvalue weighted by molar-refractivity contribution is 7.89. The Morgan fingerprint density at radius 2 is 1.64 bits per heavy atom.